The fourth-order valence-corrected chi connectivity index (χ4v) is 7.63. The molecule has 2 saturated heterocycles. The summed E-state index contributed by atoms with van der Waals surface area (Å²) in [5.74, 6) is 0.370. The van der Waals surface area contributed by atoms with Gasteiger partial charge in [0.15, 0.2) is 16.5 Å². The van der Waals surface area contributed by atoms with Gasteiger partial charge in [0.25, 0.3) is 0 Å². The van der Waals surface area contributed by atoms with Crippen LogP contribution in [-0.2, 0) is 30.3 Å². The number of rotatable bonds is 18. The third-order valence-electron chi connectivity index (χ3n) is 8.18. The average Bonchev–Trinajstić information content (AvgIpc) is 3.37. The topological polar surface area (TPSA) is 66.4 Å². The minimum atomic E-state index is -0.946. The highest BCUT2D eigenvalue weighted by molar-refractivity contribution is 8.00. The van der Waals surface area contributed by atoms with Gasteiger partial charge in [0.1, 0.15) is 23.9 Å². The molecule has 6 nitrogen and oxygen atoms in total. The molecule has 2 heterocycles. The van der Waals surface area contributed by atoms with Crippen molar-refractivity contribution < 1.29 is 33.2 Å². The molecule has 2 aliphatic rings. The van der Waals surface area contributed by atoms with Crippen LogP contribution in [0.5, 0.6) is 5.75 Å². The molecule has 4 rings (SSSR count). The Morgan fingerprint density at radius 1 is 0.930 bits per heavy atom. The van der Waals surface area contributed by atoms with Crippen LogP contribution >= 0.6 is 23.4 Å². The second-order valence-electron chi connectivity index (χ2n) is 11.4. The SMILES string of the molecule is CCCCO[C@@H]1[C@@H](OCCCC)[C@]2(c3ccc(Cl)c(Cc4ccc(OCC)c(F)c4)c3)O[C@@](CO)(CS2)[C@H]1OCCCC. The summed E-state index contributed by atoms with van der Waals surface area (Å²) in [4.78, 5) is -0.943. The molecular weight excluding hydrogens is 591 g/mol. The third-order valence-corrected chi connectivity index (χ3v) is 10.2. The number of hydrogen-bond acceptors (Lipinski definition) is 7. The van der Waals surface area contributed by atoms with Crippen molar-refractivity contribution in [1.82, 2.24) is 0 Å². The van der Waals surface area contributed by atoms with Crippen LogP contribution in [0.3, 0.4) is 0 Å². The maximum atomic E-state index is 14.7. The van der Waals surface area contributed by atoms with Crippen molar-refractivity contribution in [2.24, 2.45) is 0 Å². The number of hydrogen-bond donors (Lipinski definition) is 1. The number of aliphatic hydroxyl groups is 1. The fraction of sp³-hybridized carbons (Fsp3) is 0.647. The van der Waals surface area contributed by atoms with Crippen molar-refractivity contribution in [2.45, 2.75) is 101 Å². The molecule has 43 heavy (non-hydrogen) atoms. The molecule has 0 amide bonds. The quantitative estimate of drug-likeness (QED) is 0.168. The van der Waals surface area contributed by atoms with Crippen LogP contribution in [0.2, 0.25) is 5.02 Å². The minimum absolute atomic E-state index is 0.195. The lowest BCUT2D eigenvalue weighted by atomic mass is 9.83. The van der Waals surface area contributed by atoms with Gasteiger partial charge in [0.05, 0.1) is 13.2 Å². The van der Waals surface area contributed by atoms with Crippen LogP contribution in [-0.4, -0.2) is 67.8 Å². The number of ether oxygens (including phenoxy) is 5. The van der Waals surface area contributed by atoms with Crippen LogP contribution < -0.4 is 4.74 Å². The predicted octanol–water partition coefficient (Wildman–Crippen LogP) is 7.69. The van der Waals surface area contributed by atoms with E-state index >= 15 is 0 Å². The second kappa shape index (κ2) is 16.3. The molecule has 0 spiro atoms. The van der Waals surface area contributed by atoms with Crippen LogP contribution in [0.15, 0.2) is 36.4 Å². The highest BCUT2D eigenvalue weighted by atomic mass is 35.5. The molecular formula is C34H48ClFO6S. The first-order valence-corrected chi connectivity index (χ1v) is 17.2. The first-order chi connectivity index (χ1) is 20.9. The Kier molecular flexibility index (Phi) is 13.0. The maximum absolute atomic E-state index is 14.7. The van der Waals surface area contributed by atoms with Crippen molar-refractivity contribution in [3.63, 3.8) is 0 Å². The molecule has 2 bridgehead atoms. The van der Waals surface area contributed by atoms with E-state index in [1.54, 1.807) is 17.8 Å². The van der Waals surface area contributed by atoms with E-state index in [0.29, 0.717) is 43.6 Å². The number of thioether (sulfide) groups is 1. The number of aliphatic hydroxyl groups excluding tert-OH is 1. The zero-order valence-electron chi connectivity index (χ0n) is 26.0. The van der Waals surface area contributed by atoms with Gasteiger partial charge in [0, 0.05) is 30.6 Å². The summed E-state index contributed by atoms with van der Waals surface area (Å²) >= 11 is 8.36. The third kappa shape index (κ3) is 7.71. The van der Waals surface area contributed by atoms with Crippen LogP contribution in [0.25, 0.3) is 0 Å². The molecule has 5 atom stereocenters. The zero-order chi connectivity index (χ0) is 30.9. The van der Waals surface area contributed by atoms with Gasteiger partial charge >= 0.3 is 0 Å². The lowest BCUT2D eigenvalue weighted by Gasteiger charge is -2.51. The van der Waals surface area contributed by atoms with E-state index in [9.17, 15) is 9.50 Å². The highest BCUT2D eigenvalue weighted by Crippen LogP contribution is 2.59. The van der Waals surface area contributed by atoms with E-state index in [1.807, 2.05) is 31.2 Å². The lowest BCUT2D eigenvalue weighted by Crippen LogP contribution is -2.67. The molecule has 2 aromatic rings. The Morgan fingerprint density at radius 2 is 1.60 bits per heavy atom. The van der Waals surface area contributed by atoms with E-state index in [4.69, 9.17) is 35.3 Å². The smallest absolute Gasteiger partial charge is 0.169 e. The number of unbranched alkanes of at least 4 members (excludes halogenated alkanes) is 3. The summed E-state index contributed by atoms with van der Waals surface area (Å²) in [5, 5.41) is 11.4. The molecule has 0 aromatic heterocycles. The van der Waals surface area contributed by atoms with Gasteiger partial charge in [-0.15, -0.1) is 11.8 Å². The molecule has 2 aromatic carbocycles. The van der Waals surface area contributed by atoms with Crippen molar-refractivity contribution >= 4 is 23.4 Å². The van der Waals surface area contributed by atoms with E-state index in [0.717, 1.165) is 55.2 Å². The molecule has 9 heteroatoms. The Balaban J connectivity index is 1.74. The predicted molar refractivity (Wildman–Crippen MR) is 171 cm³/mol. The summed E-state index contributed by atoms with van der Waals surface area (Å²) in [6.45, 7) is 10.1. The number of halogens is 2. The van der Waals surface area contributed by atoms with E-state index in [-0.39, 0.29) is 12.4 Å². The monoisotopic (exact) mass is 638 g/mol. The van der Waals surface area contributed by atoms with Crippen molar-refractivity contribution in [1.29, 1.82) is 0 Å². The summed E-state index contributed by atoms with van der Waals surface area (Å²) < 4.78 is 46.9. The van der Waals surface area contributed by atoms with Gasteiger partial charge in [-0.2, -0.15) is 0 Å². The first-order valence-electron chi connectivity index (χ1n) is 15.9. The molecule has 2 aliphatic heterocycles. The minimum Gasteiger partial charge on any atom is -0.491 e. The summed E-state index contributed by atoms with van der Waals surface area (Å²) in [6, 6.07) is 10.9. The number of benzene rings is 2. The Bertz CT molecular complexity index is 1170. The molecule has 0 radical (unpaired) electrons. The van der Waals surface area contributed by atoms with Gasteiger partial charge < -0.3 is 28.8 Å². The molecule has 240 valence electrons. The van der Waals surface area contributed by atoms with Crippen molar-refractivity contribution in [3.05, 3.63) is 63.9 Å². The summed E-state index contributed by atoms with van der Waals surface area (Å²) in [5.41, 5.74) is 1.57. The molecule has 0 aliphatic carbocycles. The van der Waals surface area contributed by atoms with E-state index in [2.05, 4.69) is 20.8 Å². The Morgan fingerprint density at radius 3 is 2.23 bits per heavy atom. The zero-order valence-corrected chi connectivity index (χ0v) is 27.6. The van der Waals surface area contributed by atoms with Gasteiger partial charge in [-0.1, -0.05) is 69.8 Å². The molecule has 0 unspecified atom stereocenters. The Hall–Kier alpha value is -1.39. The van der Waals surface area contributed by atoms with Gasteiger partial charge in [-0.05, 0) is 67.5 Å². The molecule has 1 N–H and O–H groups in total. The highest BCUT2D eigenvalue weighted by Gasteiger charge is 2.68. The van der Waals surface area contributed by atoms with Crippen molar-refractivity contribution in [3.8, 4) is 5.75 Å². The first kappa shape index (κ1) is 34.5. The van der Waals surface area contributed by atoms with Crippen LogP contribution in [0.1, 0.15) is 82.9 Å². The average molecular weight is 639 g/mol. The normalized spacial score (nSPS) is 26.6. The van der Waals surface area contributed by atoms with E-state index in [1.165, 1.54) is 6.07 Å². The van der Waals surface area contributed by atoms with Gasteiger partial charge in [-0.3, -0.25) is 0 Å². The second-order valence-corrected chi connectivity index (χ2v) is 13.0. The largest absolute Gasteiger partial charge is 0.491 e. The number of fused-ring (bicyclic) bond motifs is 2. The van der Waals surface area contributed by atoms with Crippen molar-refractivity contribution in [2.75, 3.05) is 38.8 Å². The van der Waals surface area contributed by atoms with E-state index < -0.39 is 34.7 Å². The van der Waals surface area contributed by atoms with Crippen LogP contribution in [0.4, 0.5) is 4.39 Å². The van der Waals surface area contributed by atoms with Crippen LogP contribution in [0, 0.1) is 5.82 Å². The molecule has 2 fully saturated rings. The standard InChI is InChI=1S/C34H48ClFO6S/c1-5-9-16-39-30-31(40-17-10-6-2)33(22-37)23-43-34(42-33,32(30)41-18-11-7-3)26-13-14-27(35)25(21-26)19-24-12-15-29(38-8-4)28(36)20-24/h12-15,20-21,30-32,37H,5-11,16-19,22-23H2,1-4H3/t30-,31-,32+,33-,34+/m0/s1. The lowest BCUT2D eigenvalue weighted by molar-refractivity contribution is -0.302. The summed E-state index contributed by atoms with van der Waals surface area (Å²) in [6.07, 6.45) is 4.77. The molecule has 0 saturated carbocycles. The summed E-state index contributed by atoms with van der Waals surface area (Å²) in [7, 11) is 0. The Labute approximate surface area is 265 Å². The fourth-order valence-electron chi connectivity index (χ4n) is 5.79. The van der Waals surface area contributed by atoms with Gasteiger partial charge in [-0.25, -0.2) is 4.39 Å². The van der Waals surface area contributed by atoms with Gasteiger partial charge in [0.2, 0.25) is 0 Å². The maximum Gasteiger partial charge on any atom is 0.169 e.